The maximum absolute atomic E-state index is 13.7. The van der Waals surface area contributed by atoms with E-state index in [1.54, 1.807) is 0 Å². The molecule has 1 aromatic heterocycles. The van der Waals surface area contributed by atoms with Crippen LogP contribution in [0.5, 0.6) is 0 Å². The third kappa shape index (κ3) is 5.27. The van der Waals surface area contributed by atoms with Crippen LogP contribution in [0.1, 0.15) is 0 Å². The van der Waals surface area contributed by atoms with E-state index in [-0.39, 0.29) is 34.0 Å². The number of hydrogen-bond donors (Lipinski definition) is 0. The van der Waals surface area contributed by atoms with E-state index in [0.717, 1.165) is 6.07 Å². The fourth-order valence-corrected chi connectivity index (χ4v) is 4.90. The molecule has 0 spiro atoms. The van der Waals surface area contributed by atoms with E-state index >= 15 is 0 Å². The Kier molecular flexibility index (Phi) is 5.76. The Hall–Kier alpha value is 0.900. The third-order valence-corrected chi connectivity index (χ3v) is 6.58. The molecular weight excluding hydrogens is 425 g/mol. The number of nitrogens with zero attached hydrogens (tertiary/aromatic N) is 1. The molecule has 1 unspecified atom stereocenters. The Morgan fingerprint density at radius 3 is 2.20 bits per heavy atom. The summed E-state index contributed by atoms with van der Waals surface area (Å²) in [5.41, 5.74) is 0. The van der Waals surface area contributed by atoms with Crippen molar-refractivity contribution in [3.63, 3.8) is 0 Å². The van der Waals surface area contributed by atoms with Crippen LogP contribution in [0.25, 0.3) is 0 Å². The van der Waals surface area contributed by atoms with Gasteiger partial charge in [0.1, 0.15) is 14.8 Å². The second-order valence-electron chi connectivity index (χ2n) is 3.62. The Morgan fingerprint density at radius 1 is 1.35 bits per heavy atom. The number of rotatable bonds is 4. The predicted octanol–water partition coefficient (Wildman–Crippen LogP) is 0.731. The summed E-state index contributed by atoms with van der Waals surface area (Å²) in [5, 5.41) is -1.89. The van der Waals surface area contributed by atoms with Crippen LogP contribution in [0.2, 0.25) is 0 Å². The fraction of sp³-hybridized carbons (Fsp3) is 0.286. The molecule has 0 saturated carbocycles. The summed E-state index contributed by atoms with van der Waals surface area (Å²) >= 11 is 7.65. The standard InChI is InChI=1S/C7H7BrClF4NO3S2.Na/c8-5-1-2-7(14-3-5)19(10,11,12,13)4-6(9)18(15,16)17;/h1-3,6H,4H2,(H,15,16,17);/q;+1/p-1. The molecule has 0 fully saturated rings. The summed E-state index contributed by atoms with van der Waals surface area (Å²) in [6.07, 6.45) is 0.697. The smallest absolute Gasteiger partial charge is 0.747 e. The van der Waals surface area contributed by atoms with Crippen molar-refractivity contribution in [2.75, 3.05) is 5.75 Å². The maximum Gasteiger partial charge on any atom is 1.00 e. The number of aromatic nitrogens is 1. The first-order chi connectivity index (χ1) is 8.14. The molecule has 0 aliphatic heterocycles. The van der Waals surface area contributed by atoms with E-state index in [1.807, 2.05) is 0 Å². The number of halogens is 6. The third-order valence-electron chi connectivity index (χ3n) is 1.94. The van der Waals surface area contributed by atoms with Gasteiger partial charge >= 0.3 is 29.6 Å². The van der Waals surface area contributed by atoms with Crippen LogP contribution >= 0.6 is 37.4 Å². The molecule has 0 aliphatic carbocycles. The van der Waals surface area contributed by atoms with Gasteiger partial charge in [-0.2, -0.15) is 0 Å². The minimum Gasteiger partial charge on any atom is -0.747 e. The number of pyridine rings is 1. The second kappa shape index (κ2) is 5.52. The summed E-state index contributed by atoms with van der Waals surface area (Å²) in [4.78, 5) is 2.88. The first-order valence-electron chi connectivity index (χ1n) is 4.34. The normalized spacial score (nSPS) is 17.6. The van der Waals surface area contributed by atoms with Crippen molar-refractivity contribution < 1.29 is 58.1 Å². The molecule has 0 amide bonds. The van der Waals surface area contributed by atoms with Crippen molar-refractivity contribution in [3.8, 4) is 0 Å². The van der Waals surface area contributed by atoms with E-state index in [9.17, 15) is 28.5 Å². The molecule has 0 radical (unpaired) electrons. The van der Waals surface area contributed by atoms with Gasteiger partial charge in [0.05, 0.1) is 5.75 Å². The van der Waals surface area contributed by atoms with Gasteiger partial charge < -0.3 is 4.55 Å². The minimum absolute atomic E-state index is 0. The van der Waals surface area contributed by atoms with Gasteiger partial charge in [0.15, 0.2) is 5.03 Å². The van der Waals surface area contributed by atoms with Crippen molar-refractivity contribution in [2.24, 2.45) is 0 Å². The Balaban J connectivity index is 0.00000361. The first kappa shape index (κ1) is 20.9. The van der Waals surface area contributed by atoms with Crippen molar-refractivity contribution in [3.05, 3.63) is 22.8 Å². The Labute approximate surface area is 147 Å². The molecule has 1 rings (SSSR count). The molecule has 4 nitrogen and oxygen atoms in total. The summed E-state index contributed by atoms with van der Waals surface area (Å²) in [6.45, 7) is 0. The van der Waals surface area contributed by atoms with Gasteiger partial charge in [-0.1, -0.05) is 0 Å². The Morgan fingerprint density at radius 2 is 1.85 bits per heavy atom. The zero-order valence-corrected chi connectivity index (χ0v) is 15.7. The van der Waals surface area contributed by atoms with E-state index in [0.29, 0.717) is 12.3 Å². The molecule has 13 heteroatoms. The minimum atomic E-state index is -9.04. The van der Waals surface area contributed by atoms with E-state index in [1.165, 1.54) is 0 Å². The molecule has 112 valence electrons. The van der Waals surface area contributed by atoms with Crippen molar-refractivity contribution in [2.45, 2.75) is 9.74 Å². The van der Waals surface area contributed by atoms with Crippen LogP contribution in [0.15, 0.2) is 27.8 Å². The number of alkyl halides is 1. The first-order valence-corrected chi connectivity index (χ1v) is 9.26. The molecule has 1 heterocycles. The van der Waals surface area contributed by atoms with Gasteiger partial charge in [0.2, 0.25) is 9.84 Å². The average Bonchev–Trinajstić information content (AvgIpc) is 2.13. The predicted molar refractivity (Wildman–Crippen MR) is 66.4 cm³/mol. The zero-order chi connectivity index (χ0) is 15.2. The molecule has 0 aliphatic rings. The maximum atomic E-state index is 13.7. The van der Waals surface area contributed by atoms with E-state index in [2.05, 4.69) is 20.9 Å². The molecule has 20 heavy (non-hydrogen) atoms. The molecule has 1 aromatic rings. The molecule has 0 aromatic carbocycles. The molecule has 1 atom stereocenters. The molecular formula is C7H6BrClF4NNaO3S2. The second-order valence-corrected chi connectivity index (χ2v) is 10.1. The quantitative estimate of drug-likeness (QED) is 0.306. The SMILES string of the molecule is O=S(=O)([O-])C(Cl)CS(F)(F)(F)(F)c1ccc(Br)cn1.[Na+]. The summed E-state index contributed by atoms with van der Waals surface area (Å²) in [6, 6.07) is 1.22. The van der Waals surface area contributed by atoms with Gasteiger partial charge in [0, 0.05) is 10.7 Å². The van der Waals surface area contributed by atoms with Crippen LogP contribution in [-0.2, 0) is 10.1 Å². The van der Waals surface area contributed by atoms with Gasteiger partial charge in [-0.05, 0) is 28.1 Å². The van der Waals surface area contributed by atoms with Gasteiger partial charge in [-0.15, -0.1) is 27.1 Å². The van der Waals surface area contributed by atoms with Gasteiger partial charge in [0.25, 0.3) is 0 Å². The van der Waals surface area contributed by atoms with Crippen LogP contribution in [-0.4, -0.2) is 28.4 Å². The van der Waals surface area contributed by atoms with Gasteiger partial charge in [-0.25, -0.2) is 13.4 Å². The van der Waals surface area contributed by atoms with Crippen molar-refractivity contribution in [1.29, 1.82) is 0 Å². The van der Waals surface area contributed by atoms with E-state index < -0.39 is 35.4 Å². The summed E-state index contributed by atoms with van der Waals surface area (Å²) in [7, 11) is -14.5. The van der Waals surface area contributed by atoms with E-state index in [4.69, 9.17) is 11.6 Å². The van der Waals surface area contributed by atoms with Crippen LogP contribution < -0.4 is 29.6 Å². The topological polar surface area (TPSA) is 70.1 Å². The monoisotopic (exact) mass is 429 g/mol. The molecule has 0 bridgehead atoms. The van der Waals surface area contributed by atoms with Crippen LogP contribution in [0.4, 0.5) is 15.5 Å². The largest absolute Gasteiger partial charge is 1.00 e. The molecule has 0 N–H and O–H groups in total. The summed E-state index contributed by atoms with van der Waals surface area (Å²) < 4.78 is 83.1. The van der Waals surface area contributed by atoms with Crippen LogP contribution in [0.3, 0.4) is 0 Å². The van der Waals surface area contributed by atoms with Gasteiger partial charge in [-0.3, -0.25) is 0 Å². The van der Waals surface area contributed by atoms with Crippen LogP contribution in [0, 0.1) is 0 Å². The van der Waals surface area contributed by atoms with Crippen molar-refractivity contribution >= 4 is 47.5 Å². The molecule has 0 saturated heterocycles. The fourth-order valence-electron chi connectivity index (χ4n) is 1.06. The number of hydrogen-bond acceptors (Lipinski definition) is 4. The summed E-state index contributed by atoms with van der Waals surface area (Å²) in [5.74, 6) is -2.60. The van der Waals surface area contributed by atoms with Crippen molar-refractivity contribution in [1.82, 2.24) is 4.98 Å². The Bertz CT molecular complexity index is 608. The average molecular weight is 431 g/mol. The zero-order valence-electron chi connectivity index (χ0n) is 9.77.